The average molecular weight is 275 g/mol. The van der Waals surface area contributed by atoms with Gasteiger partial charge < -0.3 is 10.1 Å². The number of aryl methyl sites for hydroxylation is 2. The molecule has 3 nitrogen and oxygen atoms in total. The number of ether oxygens (including phenoxy) is 1. The number of carbonyl (C=O) groups is 1. The number of rotatable bonds is 4. The Kier molecular flexibility index (Phi) is 5.05. The number of hydrogen-bond donors (Lipinski definition) is 1. The van der Waals surface area contributed by atoms with Crippen LogP contribution >= 0.6 is 0 Å². The second-order valence-corrected chi connectivity index (χ2v) is 6.08. The highest BCUT2D eigenvalue weighted by atomic mass is 16.5. The summed E-state index contributed by atoms with van der Waals surface area (Å²) in [6.45, 7) is 6.44. The predicted octanol–water partition coefficient (Wildman–Crippen LogP) is 3.38. The highest BCUT2D eigenvalue weighted by molar-refractivity contribution is 5.77. The van der Waals surface area contributed by atoms with Gasteiger partial charge in [0.1, 0.15) is 5.75 Å². The van der Waals surface area contributed by atoms with E-state index in [2.05, 4.69) is 18.3 Å². The molecule has 1 saturated carbocycles. The summed E-state index contributed by atoms with van der Waals surface area (Å²) in [4.78, 5) is 11.9. The van der Waals surface area contributed by atoms with Crippen molar-refractivity contribution in [3.63, 3.8) is 0 Å². The van der Waals surface area contributed by atoms with Crippen LogP contribution in [-0.4, -0.2) is 18.6 Å². The van der Waals surface area contributed by atoms with E-state index in [1.165, 1.54) is 18.4 Å². The van der Waals surface area contributed by atoms with Crippen molar-refractivity contribution in [1.29, 1.82) is 0 Å². The highest BCUT2D eigenvalue weighted by Gasteiger charge is 2.19. The summed E-state index contributed by atoms with van der Waals surface area (Å²) in [7, 11) is 0. The molecule has 1 amide bonds. The molecule has 110 valence electrons. The van der Waals surface area contributed by atoms with Gasteiger partial charge in [0, 0.05) is 6.04 Å². The smallest absolute Gasteiger partial charge is 0.258 e. The summed E-state index contributed by atoms with van der Waals surface area (Å²) in [5, 5.41) is 3.08. The van der Waals surface area contributed by atoms with Crippen LogP contribution in [0.25, 0.3) is 0 Å². The molecule has 0 spiro atoms. The Bertz CT molecular complexity index is 462. The molecule has 1 aliphatic carbocycles. The minimum atomic E-state index is -0.00970. The molecular weight excluding hydrogens is 250 g/mol. The van der Waals surface area contributed by atoms with Gasteiger partial charge in [0.2, 0.25) is 0 Å². The zero-order valence-corrected chi connectivity index (χ0v) is 12.7. The third-order valence-corrected chi connectivity index (χ3v) is 4.07. The first-order valence-corrected chi connectivity index (χ1v) is 7.54. The Morgan fingerprint density at radius 3 is 2.60 bits per heavy atom. The van der Waals surface area contributed by atoms with Crippen LogP contribution in [0, 0.1) is 19.8 Å². The number of benzene rings is 1. The second kappa shape index (κ2) is 6.78. The van der Waals surface area contributed by atoms with Crippen molar-refractivity contribution in [3.8, 4) is 5.75 Å². The molecule has 0 bridgehead atoms. The van der Waals surface area contributed by atoms with Gasteiger partial charge >= 0.3 is 0 Å². The van der Waals surface area contributed by atoms with Gasteiger partial charge in [-0.15, -0.1) is 0 Å². The Morgan fingerprint density at radius 2 is 1.95 bits per heavy atom. The Labute approximate surface area is 121 Å². The SMILES string of the molecule is Cc1ccc(OCC(=O)NC2CCC(C)CC2)c(C)c1. The van der Waals surface area contributed by atoms with Crippen molar-refractivity contribution in [2.75, 3.05) is 6.61 Å². The van der Waals surface area contributed by atoms with Gasteiger partial charge in [0.25, 0.3) is 5.91 Å². The Balaban J connectivity index is 1.77. The van der Waals surface area contributed by atoms with Crippen LogP contribution in [0.4, 0.5) is 0 Å². The van der Waals surface area contributed by atoms with E-state index in [0.29, 0.717) is 6.04 Å². The van der Waals surface area contributed by atoms with E-state index in [4.69, 9.17) is 4.74 Å². The first-order chi connectivity index (χ1) is 9.54. The number of nitrogens with one attached hydrogen (secondary N) is 1. The van der Waals surface area contributed by atoms with Gasteiger partial charge in [-0.05, 0) is 57.1 Å². The lowest BCUT2D eigenvalue weighted by Gasteiger charge is -2.26. The average Bonchev–Trinajstić information content (AvgIpc) is 2.40. The van der Waals surface area contributed by atoms with Crippen LogP contribution in [0.2, 0.25) is 0 Å². The summed E-state index contributed by atoms with van der Waals surface area (Å²) in [6, 6.07) is 6.33. The predicted molar refractivity (Wildman–Crippen MR) is 81.0 cm³/mol. The second-order valence-electron chi connectivity index (χ2n) is 6.08. The topological polar surface area (TPSA) is 38.3 Å². The molecule has 0 unspecified atom stereocenters. The molecule has 20 heavy (non-hydrogen) atoms. The highest BCUT2D eigenvalue weighted by Crippen LogP contribution is 2.23. The molecule has 0 aliphatic heterocycles. The van der Waals surface area contributed by atoms with Crippen LogP contribution in [0.5, 0.6) is 5.75 Å². The molecule has 1 N–H and O–H groups in total. The van der Waals surface area contributed by atoms with Crippen molar-refractivity contribution < 1.29 is 9.53 Å². The minimum Gasteiger partial charge on any atom is -0.484 e. The van der Waals surface area contributed by atoms with Crippen molar-refractivity contribution in [2.45, 2.75) is 52.5 Å². The lowest BCUT2D eigenvalue weighted by atomic mass is 9.87. The molecule has 1 fully saturated rings. The Morgan fingerprint density at radius 1 is 1.25 bits per heavy atom. The zero-order chi connectivity index (χ0) is 14.5. The van der Waals surface area contributed by atoms with E-state index in [-0.39, 0.29) is 12.5 Å². The fraction of sp³-hybridized carbons (Fsp3) is 0.588. The molecule has 0 atom stereocenters. The summed E-state index contributed by atoms with van der Waals surface area (Å²) < 4.78 is 5.60. The van der Waals surface area contributed by atoms with Gasteiger partial charge in [0.15, 0.2) is 6.61 Å². The van der Waals surface area contributed by atoms with E-state index >= 15 is 0 Å². The molecule has 0 radical (unpaired) electrons. The molecule has 2 rings (SSSR count). The van der Waals surface area contributed by atoms with Crippen LogP contribution < -0.4 is 10.1 Å². The first-order valence-electron chi connectivity index (χ1n) is 7.54. The van der Waals surface area contributed by atoms with E-state index in [9.17, 15) is 4.79 Å². The largest absolute Gasteiger partial charge is 0.484 e. The summed E-state index contributed by atoms with van der Waals surface area (Å²) in [5.41, 5.74) is 2.28. The number of amides is 1. The lowest BCUT2D eigenvalue weighted by molar-refractivity contribution is -0.124. The molecule has 1 aromatic carbocycles. The molecule has 0 heterocycles. The molecule has 3 heteroatoms. The summed E-state index contributed by atoms with van der Waals surface area (Å²) in [5.74, 6) is 1.59. The van der Waals surface area contributed by atoms with Crippen molar-refractivity contribution in [3.05, 3.63) is 29.3 Å². The van der Waals surface area contributed by atoms with E-state index in [1.54, 1.807) is 0 Å². The normalized spacial score (nSPS) is 22.4. The van der Waals surface area contributed by atoms with Crippen LogP contribution in [0.1, 0.15) is 43.7 Å². The maximum Gasteiger partial charge on any atom is 0.258 e. The van der Waals surface area contributed by atoms with E-state index in [0.717, 1.165) is 30.1 Å². The lowest BCUT2D eigenvalue weighted by Crippen LogP contribution is -2.39. The van der Waals surface area contributed by atoms with Crippen LogP contribution in [-0.2, 0) is 4.79 Å². The summed E-state index contributed by atoms with van der Waals surface area (Å²) in [6.07, 6.45) is 4.61. The monoisotopic (exact) mass is 275 g/mol. The molecule has 0 aromatic heterocycles. The van der Waals surface area contributed by atoms with Gasteiger partial charge in [-0.3, -0.25) is 4.79 Å². The zero-order valence-electron chi connectivity index (χ0n) is 12.7. The number of carbonyl (C=O) groups excluding carboxylic acids is 1. The number of hydrogen-bond acceptors (Lipinski definition) is 2. The fourth-order valence-electron chi connectivity index (χ4n) is 2.78. The molecule has 1 aromatic rings. The Hall–Kier alpha value is -1.51. The minimum absolute atomic E-state index is 0.00970. The first kappa shape index (κ1) is 14.9. The van der Waals surface area contributed by atoms with Gasteiger partial charge in [-0.25, -0.2) is 0 Å². The van der Waals surface area contributed by atoms with Crippen molar-refractivity contribution >= 4 is 5.91 Å². The van der Waals surface area contributed by atoms with Gasteiger partial charge in [-0.1, -0.05) is 24.6 Å². The molecule has 0 saturated heterocycles. The quantitative estimate of drug-likeness (QED) is 0.915. The standard InChI is InChI=1S/C17H25NO2/c1-12-4-7-15(8-5-12)18-17(19)11-20-16-9-6-13(2)10-14(16)3/h6,9-10,12,15H,4-5,7-8,11H2,1-3H3,(H,18,19). The summed E-state index contributed by atoms with van der Waals surface area (Å²) >= 11 is 0. The van der Waals surface area contributed by atoms with Crippen LogP contribution in [0.15, 0.2) is 18.2 Å². The van der Waals surface area contributed by atoms with Crippen LogP contribution in [0.3, 0.4) is 0 Å². The van der Waals surface area contributed by atoms with E-state index in [1.807, 2.05) is 26.0 Å². The van der Waals surface area contributed by atoms with Crippen molar-refractivity contribution in [1.82, 2.24) is 5.32 Å². The molecule has 1 aliphatic rings. The third kappa shape index (κ3) is 4.26. The maximum atomic E-state index is 11.9. The molecular formula is C17H25NO2. The van der Waals surface area contributed by atoms with Crippen molar-refractivity contribution in [2.24, 2.45) is 5.92 Å². The fourth-order valence-corrected chi connectivity index (χ4v) is 2.78. The third-order valence-electron chi connectivity index (χ3n) is 4.07. The maximum absolute atomic E-state index is 11.9. The van der Waals surface area contributed by atoms with Gasteiger partial charge in [-0.2, -0.15) is 0 Å². The van der Waals surface area contributed by atoms with Gasteiger partial charge in [0.05, 0.1) is 0 Å². The van der Waals surface area contributed by atoms with E-state index < -0.39 is 0 Å².